The maximum absolute atomic E-state index is 12.4. The molecule has 1 saturated heterocycles. The molecule has 3 amide bonds. The van der Waals surface area contributed by atoms with Crippen molar-refractivity contribution in [3.8, 4) is 0 Å². The zero-order valence-corrected chi connectivity index (χ0v) is 15.7. The predicted octanol–water partition coefficient (Wildman–Crippen LogP) is 1.99. The van der Waals surface area contributed by atoms with Gasteiger partial charge in [-0.25, -0.2) is 4.79 Å². The molecule has 0 bridgehead atoms. The van der Waals surface area contributed by atoms with Crippen molar-refractivity contribution in [3.05, 3.63) is 59.4 Å². The highest BCUT2D eigenvalue weighted by Gasteiger charge is 2.26. The van der Waals surface area contributed by atoms with Gasteiger partial charge in [-0.05, 0) is 48.7 Å². The molecule has 1 atom stereocenters. The van der Waals surface area contributed by atoms with E-state index in [0.29, 0.717) is 5.69 Å². The number of anilines is 1. The van der Waals surface area contributed by atoms with Crippen LogP contribution in [0.5, 0.6) is 0 Å². The number of piperazine rings is 1. The van der Waals surface area contributed by atoms with Gasteiger partial charge in [0.1, 0.15) is 0 Å². The molecule has 1 aliphatic heterocycles. The smallest absolute Gasteiger partial charge is 0.314 e. The lowest BCUT2D eigenvalue weighted by Gasteiger charge is -2.35. The summed E-state index contributed by atoms with van der Waals surface area (Å²) in [5.74, 6) is -0.327. The number of imide groups is 1. The van der Waals surface area contributed by atoms with Crippen molar-refractivity contribution in [2.75, 3.05) is 31.5 Å². The number of nitrogens with one attached hydrogen (secondary N) is 3. The summed E-state index contributed by atoms with van der Waals surface area (Å²) in [5.41, 5.74) is 3.95. The van der Waals surface area contributed by atoms with Crippen LogP contribution >= 0.6 is 0 Å². The van der Waals surface area contributed by atoms with Crippen LogP contribution in [0.4, 0.5) is 10.5 Å². The summed E-state index contributed by atoms with van der Waals surface area (Å²) in [6, 6.07) is 9.07. The van der Waals surface area contributed by atoms with Crippen molar-refractivity contribution in [3.63, 3.8) is 0 Å². The number of urea groups is 1. The summed E-state index contributed by atoms with van der Waals surface area (Å²) in [6.45, 7) is 6.42. The first-order chi connectivity index (χ1) is 13.0. The second-order valence-electron chi connectivity index (χ2n) is 6.78. The number of benzene rings is 1. The molecule has 7 nitrogen and oxygen atoms in total. The fraction of sp³-hybridized carbons (Fsp3) is 0.350. The summed E-state index contributed by atoms with van der Waals surface area (Å²) < 4.78 is 0. The van der Waals surface area contributed by atoms with Gasteiger partial charge in [-0.2, -0.15) is 0 Å². The number of hydrogen-bond donors (Lipinski definition) is 3. The number of hydrogen-bond acceptors (Lipinski definition) is 5. The van der Waals surface area contributed by atoms with E-state index >= 15 is 0 Å². The van der Waals surface area contributed by atoms with Crippen molar-refractivity contribution < 1.29 is 9.59 Å². The molecule has 0 saturated carbocycles. The molecule has 0 aliphatic carbocycles. The van der Waals surface area contributed by atoms with Crippen LogP contribution in [0.25, 0.3) is 0 Å². The molecule has 142 valence electrons. The highest BCUT2D eigenvalue weighted by atomic mass is 16.2. The molecular formula is C20H25N5O2. The number of carbonyl (C=O) groups excluding carboxylic acids is 2. The minimum atomic E-state index is -0.517. The van der Waals surface area contributed by atoms with Gasteiger partial charge in [0.15, 0.2) is 0 Å². The van der Waals surface area contributed by atoms with Crippen molar-refractivity contribution in [1.82, 2.24) is 20.5 Å². The molecule has 3 N–H and O–H groups in total. The Labute approximate surface area is 159 Å². The normalized spacial score (nSPS) is 17.3. The SMILES string of the molecule is Cc1ccc(NC(=O)NC(=O)CN2CCNCC2c2cccnc2)cc1C. The first kappa shape index (κ1) is 19.0. The summed E-state index contributed by atoms with van der Waals surface area (Å²) in [6.07, 6.45) is 3.54. The Morgan fingerprint density at radius 3 is 2.85 bits per heavy atom. The van der Waals surface area contributed by atoms with Gasteiger partial charge in [0.25, 0.3) is 0 Å². The lowest BCUT2D eigenvalue weighted by molar-refractivity contribution is -0.121. The molecule has 0 spiro atoms. The van der Waals surface area contributed by atoms with Crippen LogP contribution < -0.4 is 16.0 Å². The van der Waals surface area contributed by atoms with E-state index in [1.165, 1.54) is 0 Å². The zero-order valence-electron chi connectivity index (χ0n) is 15.7. The largest absolute Gasteiger partial charge is 0.325 e. The minimum absolute atomic E-state index is 0.0565. The van der Waals surface area contributed by atoms with Gasteiger partial charge in [-0.1, -0.05) is 12.1 Å². The fourth-order valence-corrected chi connectivity index (χ4v) is 3.17. The Hall–Kier alpha value is -2.77. The van der Waals surface area contributed by atoms with E-state index in [4.69, 9.17) is 0 Å². The molecule has 1 fully saturated rings. The van der Waals surface area contributed by atoms with E-state index in [1.54, 1.807) is 6.20 Å². The number of aromatic nitrogens is 1. The lowest BCUT2D eigenvalue weighted by Crippen LogP contribution is -2.50. The average molecular weight is 367 g/mol. The molecule has 27 heavy (non-hydrogen) atoms. The third-order valence-corrected chi connectivity index (χ3v) is 4.79. The van der Waals surface area contributed by atoms with E-state index in [0.717, 1.165) is 36.3 Å². The molecule has 0 radical (unpaired) electrons. The van der Waals surface area contributed by atoms with Crippen LogP contribution in [0.15, 0.2) is 42.7 Å². The highest BCUT2D eigenvalue weighted by molar-refractivity contribution is 6.01. The molecule has 2 heterocycles. The molecule has 1 aliphatic rings. The van der Waals surface area contributed by atoms with E-state index < -0.39 is 6.03 Å². The van der Waals surface area contributed by atoms with Gasteiger partial charge >= 0.3 is 6.03 Å². The number of amides is 3. The Bertz CT molecular complexity index is 809. The number of nitrogens with zero attached hydrogens (tertiary/aromatic N) is 2. The highest BCUT2D eigenvalue weighted by Crippen LogP contribution is 2.20. The molecule has 1 aromatic carbocycles. The van der Waals surface area contributed by atoms with Crippen LogP contribution in [-0.2, 0) is 4.79 Å². The summed E-state index contributed by atoms with van der Waals surface area (Å²) >= 11 is 0. The maximum Gasteiger partial charge on any atom is 0.325 e. The van der Waals surface area contributed by atoms with E-state index in [9.17, 15) is 9.59 Å². The van der Waals surface area contributed by atoms with Crippen molar-refractivity contribution in [1.29, 1.82) is 0 Å². The maximum atomic E-state index is 12.4. The summed E-state index contributed by atoms with van der Waals surface area (Å²) in [7, 11) is 0. The third-order valence-electron chi connectivity index (χ3n) is 4.79. The average Bonchev–Trinajstić information content (AvgIpc) is 2.66. The van der Waals surface area contributed by atoms with Crippen molar-refractivity contribution >= 4 is 17.6 Å². The van der Waals surface area contributed by atoms with Gasteiger partial charge in [-0.3, -0.25) is 20.0 Å². The second-order valence-corrected chi connectivity index (χ2v) is 6.78. The predicted molar refractivity (Wildman–Crippen MR) is 104 cm³/mol. The van der Waals surface area contributed by atoms with Crippen LogP contribution in [0.3, 0.4) is 0 Å². The van der Waals surface area contributed by atoms with Crippen LogP contribution in [-0.4, -0.2) is 48.0 Å². The zero-order chi connectivity index (χ0) is 19.2. The quantitative estimate of drug-likeness (QED) is 0.769. The molecule has 1 unspecified atom stereocenters. The molecule has 2 aromatic rings. The Morgan fingerprint density at radius 2 is 2.11 bits per heavy atom. The van der Waals surface area contributed by atoms with Gasteiger partial charge < -0.3 is 10.6 Å². The summed E-state index contributed by atoms with van der Waals surface area (Å²) in [4.78, 5) is 30.7. The van der Waals surface area contributed by atoms with Crippen LogP contribution in [0, 0.1) is 13.8 Å². The van der Waals surface area contributed by atoms with Crippen LogP contribution in [0.2, 0.25) is 0 Å². The molecule has 7 heteroatoms. The number of rotatable bonds is 4. The van der Waals surface area contributed by atoms with Gasteiger partial charge in [0.2, 0.25) is 5.91 Å². The minimum Gasteiger partial charge on any atom is -0.314 e. The molecular weight excluding hydrogens is 342 g/mol. The Kier molecular flexibility index (Phi) is 6.16. The van der Waals surface area contributed by atoms with E-state index in [2.05, 4.69) is 25.8 Å². The topological polar surface area (TPSA) is 86.4 Å². The van der Waals surface area contributed by atoms with Crippen molar-refractivity contribution in [2.24, 2.45) is 0 Å². The fourth-order valence-electron chi connectivity index (χ4n) is 3.17. The van der Waals surface area contributed by atoms with Crippen molar-refractivity contribution in [2.45, 2.75) is 19.9 Å². The first-order valence-corrected chi connectivity index (χ1v) is 9.05. The number of pyridine rings is 1. The van der Waals surface area contributed by atoms with Gasteiger partial charge in [0.05, 0.1) is 6.54 Å². The number of aryl methyl sites for hydroxylation is 2. The Balaban J connectivity index is 1.57. The van der Waals surface area contributed by atoms with Gasteiger partial charge in [0, 0.05) is 43.8 Å². The first-order valence-electron chi connectivity index (χ1n) is 9.05. The van der Waals surface area contributed by atoms with E-state index in [1.807, 2.05) is 50.4 Å². The Morgan fingerprint density at radius 1 is 1.26 bits per heavy atom. The second kappa shape index (κ2) is 8.75. The standard InChI is InChI=1S/C20H25N5O2/c1-14-5-6-17(10-15(14)2)23-20(27)24-19(26)13-25-9-8-22-12-18(25)16-4-3-7-21-11-16/h3-7,10-11,18,22H,8-9,12-13H2,1-2H3,(H2,23,24,26,27). The third kappa shape index (κ3) is 5.12. The van der Waals surface area contributed by atoms with Crippen LogP contribution in [0.1, 0.15) is 22.7 Å². The lowest BCUT2D eigenvalue weighted by atomic mass is 10.1. The molecule has 1 aromatic heterocycles. The monoisotopic (exact) mass is 367 g/mol. The summed E-state index contributed by atoms with van der Waals surface area (Å²) in [5, 5.41) is 8.46. The van der Waals surface area contributed by atoms with E-state index in [-0.39, 0.29) is 18.5 Å². The number of carbonyl (C=O) groups is 2. The van der Waals surface area contributed by atoms with Gasteiger partial charge in [-0.15, -0.1) is 0 Å². The molecule has 3 rings (SSSR count).